The molecule has 1 aromatic heterocycles. The Labute approximate surface area is 133 Å². The molecule has 0 fully saturated rings. The number of rotatable bonds is 7. The summed E-state index contributed by atoms with van der Waals surface area (Å²) in [6.07, 6.45) is 1.39. The zero-order valence-corrected chi connectivity index (χ0v) is 13.4. The van der Waals surface area contributed by atoms with Gasteiger partial charge in [-0.05, 0) is 25.1 Å². The molecule has 0 aliphatic heterocycles. The molecule has 0 aliphatic carbocycles. The summed E-state index contributed by atoms with van der Waals surface area (Å²) in [5.41, 5.74) is 0.233. The molecule has 22 heavy (non-hydrogen) atoms. The molecule has 1 N–H and O–H groups in total. The molecule has 0 radical (unpaired) electrons. The number of pyridine rings is 1. The second-order valence-corrected chi connectivity index (χ2v) is 6.68. The lowest BCUT2D eigenvalue weighted by Crippen LogP contribution is -2.08. The predicted molar refractivity (Wildman–Crippen MR) is 81.0 cm³/mol. The second kappa shape index (κ2) is 7.70. The Morgan fingerprint density at radius 2 is 1.91 bits per heavy atom. The van der Waals surface area contributed by atoms with E-state index in [1.165, 1.54) is 18.0 Å². The van der Waals surface area contributed by atoms with E-state index in [2.05, 4.69) is 4.98 Å². The Hall–Kier alpha value is -1.45. The topological polar surface area (TPSA) is 85.7 Å². The van der Waals surface area contributed by atoms with Crippen LogP contribution in [0.3, 0.4) is 0 Å². The molecule has 0 bridgehead atoms. The highest BCUT2D eigenvalue weighted by molar-refractivity contribution is 7.99. The van der Waals surface area contributed by atoms with Crippen molar-refractivity contribution < 1.29 is 22.7 Å². The van der Waals surface area contributed by atoms with E-state index in [9.17, 15) is 13.0 Å². The first-order chi connectivity index (χ1) is 10.5. The zero-order chi connectivity index (χ0) is 16.0. The Bertz CT molecular complexity index is 719. The van der Waals surface area contributed by atoms with Crippen LogP contribution in [0.1, 0.15) is 12.5 Å². The largest absolute Gasteiger partial charge is 0.312 e. The fourth-order valence-corrected chi connectivity index (χ4v) is 3.19. The Kier molecular flexibility index (Phi) is 5.92. The molecule has 0 aliphatic rings. The Morgan fingerprint density at radius 3 is 2.55 bits per heavy atom. The number of benzene rings is 1. The van der Waals surface area contributed by atoms with Crippen molar-refractivity contribution in [2.75, 3.05) is 6.61 Å². The Balaban J connectivity index is 2.28. The molecule has 0 spiro atoms. The van der Waals surface area contributed by atoms with Crippen LogP contribution in [0, 0.1) is 0 Å². The lowest BCUT2D eigenvalue weighted by Gasteiger charge is -2.09. The van der Waals surface area contributed by atoms with Crippen molar-refractivity contribution in [3.63, 3.8) is 0 Å². The molecule has 0 saturated carbocycles. The standard InChI is InChI=1S/C14H15NO5S2/c1-2-19-20-10-11-8-13(9-15-14(11)22(16,17)18)21-12-6-4-3-5-7-12/h3-9H,2,10H2,1H3,(H,16,17,18). The quantitative estimate of drug-likeness (QED) is 0.358. The van der Waals surface area contributed by atoms with Crippen molar-refractivity contribution in [2.45, 2.75) is 28.3 Å². The van der Waals surface area contributed by atoms with Crippen molar-refractivity contribution in [1.29, 1.82) is 0 Å². The first-order valence-corrected chi connectivity index (χ1v) is 8.70. The van der Waals surface area contributed by atoms with Crippen molar-refractivity contribution in [1.82, 2.24) is 4.98 Å². The molecule has 6 nitrogen and oxygen atoms in total. The monoisotopic (exact) mass is 341 g/mol. The molecule has 8 heteroatoms. The van der Waals surface area contributed by atoms with Gasteiger partial charge in [0.05, 0.1) is 6.61 Å². The van der Waals surface area contributed by atoms with E-state index < -0.39 is 15.1 Å². The van der Waals surface area contributed by atoms with Gasteiger partial charge < -0.3 is 0 Å². The maximum Gasteiger partial charge on any atom is 0.312 e. The lowest BCUT2D eigenvalue weighted by molar-refractivity contribution is -0.301. The highest BCUT2D eigenvalue weighted by atomic mass is 32.2. The van der Waals surface area contributed by atoms with E-state index in [1.54, 1.807) is 13.0 Å². The van der Waals surface area contributed by atoms with Gasteiger partial charge in [-0.25, -0.2) is 14.8 Å². The van der Waals surface area contributed by atoms with E-state index in [1.807, 2.05) is 30.3 Å². The maximum absolute atomic E-state index is 11.3. The highest BCUT2D eigenvalue weighted by Gasteiger charge is 2.18. The summed E-state index contributed by atoms with van der Waals surface area (Å²) in [4.78, 5) is 15.2. The predicted octanol–water partition coefficient (Wildman–Crippen LogP) is 2.95. The average molecular weight is 341 g/mol. The smallest absolute Gasteiger partial charge is 0.281 e. The summed E-state index contributed by atoms with van der Waals surface area (Å²) < 4.78 is 31.9. The van der Waals surface area contributed by atoms with Gasteiger partial charge in [-0.2, -0.15) is 8.42 Å². The van der Waals surface area contributed by atoms with Crippen LogP contribution in [0.2, 0.25) is 0 Å². The van der Waals surface area contributed by atoms with Crippen molar-refractivity contribution in [3.8, 4) is 0 Å². The molecule has 118 valence electrons. The summed E-state index contributed by atoms with van der Waals surface area (Å²) in [5.74, 6) is 0. The first-order valence-electron chi connectivity index (χ1n) is 6.44. The maximum atomic E-state index is 11.3. The second-order valence-electron chi connectivity index (χ2n) is 4.19. The number of hydrogen-bond acceptors (Lipinski definition) is 6. The average Bonchev–Trinajstić information content (AvgIpc) is 2.47. The van der Waals surface area contributed by atoms with Gasteiger partial charge in [-0.15, -0.1) is 0 Å². The van der Waals surface area contributed by atoms with Gasteiger partial charge in [-0.1, -0.05) is 30.0 Å². The Morgan fingerprint density at radius 1 is 1.18 bits per heavy atom. The minimum absolute atomic E-state index is 0.126. The third-order valence-corrected chi connectivity index (χ3v) is 4.36. The molecule has 0 amide bonds. The number of aromatic nitrogens is 1. The molecule has 0 atom stereocenters. The fraction of sp³-hybridized carbons (Fsp3) is 0.214. The van der Waals surface area contributed by atoms with Crippen LogP contribution >= 0.6 is 11.8 Å². The van der Waals surface area contributed by atoms with E-state index in [4.69, 9.17) is 9.78 Å². The van der Waals surface area contributed by atoms with Gasteiger partial charge in [0, 0.05) is 21.6 Å². The van der Waals surface area contributed by atoms with Crippen LogP contribution < -0.4 is 0 Å². The fourth-order valence-electron chi connectivity index (χ4n) is 1.68. The van der Waals surface area contributed by atoms with Gasteiger partial charge in [0.2, 0.25) is 0 Å². The molecule has 2 rings (SSSR count). The first kappa shape index (κ1) is 16.9. The van der Waals surface area contributed by atoms with Crippen molar-refractivity contribution in [3.05, 3.63) is 48.2 Å². The van der Waals surface area contributed by atoms with Gasteiger partial charge in [0.1, 0.15) is 6.61 Å². The molecule has 1 heterocycles. The third-order valence-electron chi connectivity index (χ3n) is 2.54. The van der Waals surface area contributed by atoms with Crippen LogP contribution in [0.15, 0.2) is 57.4 Å². The van der Waals surface area contributed by atoms with Crippen LogP contribution in [-0.4, -0.2) is 24.6 Å². The highest BCUT2D eigenvalue weighted by Crippen LogP contribution is 2.29. The molecule has 2 aromatic rings. The van der Waals surface area contributed by atoms with Crippen LogP contribution in [0.25, 0.3) is 0 Å². The van der Waals surface area contributed by atoms with Crippen LogP contribution in [0.4, 0.5) is 0 Å². The van der Waals surface area contributed by atoms with Crippen molar-refractivity contribution >= 4 is 21.9 Å². The summed E-state index contributed by atoms with van der Waals surface area (Å²) in [5, 5.41) is -0.426. The molecule has 0 saturated heterocycles. The third kappa shape index (κ3) is 4.79. The van der Waals surface area contributed by atoms with Gasteiger partial charge in [-0.3, -0.25) is 4.55 Å². The molecule has 1 aromatic carbocycles. The lowest BCUT2D eigenvalue weighted by atomic mass is 10.3. The summed E-state index contributed by atoms with van der Waals surface area (Å²) in [6, 6.07) is 11.2. The molecular weight excluding hydrogens is 326 g/mol. The normalized spacial score (nSPS) is 11.5. The minimum atomic E-state index is -4.42. The van der Waals surface area contributed by atoms with Gasteiger partial charge in [0.25, 0.3) is 0 Å². The van der Waals surface area contributed by atoms with E-state index in [-0.39, 0.29) is 12.2 Å². The van der Waals surface area contributed by atoms with Crippen LogP contribution in [-0.2, 0) is 26.5 Å². The molecular formula is C14H15NO5S2. The van der Waals surface area contributed by atoms with Crippen LogP contribution in [0.5, 0.6) is 0 Å². The van der Waals surface area contributed by atoms with Gasteiger partial charge >= 0.3 is 10.1 Å². The zero-order valence-electron chi connectivity index (χ0n) is 11.8. The van der Waals surface area contributed by atoms with E-state index >= 15 is 0 Å². The summed E-state index contributed by atoms with van der Waals surface area (Å²) in [7, 11) is -4.42. The van der Waals surface area contributed by atoms with Crippen molar-refractivity contribution in [2.24, 2.45) is 0 Å². The van der Waals surface area contributed by atoms with Gasteiger partial charge in [0.15, 0.2) is 5.03 Å². The number of hydrogen-bond donors (Lipinski definition) is 1. The van der Waals surface area contributed by atoms with E-state index in [0.717, 1.165) is 9.79 Å². The molecule has 0 unspecified atom stereocenters. The summed E-state index contributed by atoms with van der Waals surface area (Å²) >= 11 is 1.42. The summed E-state index contributed by atoms with van der Waals surface area (Å²) in [6.45, 7) is 1.94. The SMILES string of the molecule is CCOOCc1cc(Sc2ccccc2)cnc1S(=O)(=O)O. The van der Waals surface area contributed by atoms with E-state index in [0.29, 0.717) is 6.61 Å². The minimum Gasteiger partial charge on any atom is -0.281 e. The number of nitrogens with zero attached hydrogens (tertiary/aromatic N) is 1.